The number of fused-ring (bicyclic) bond motifs is 2. The maximum atomic E-state index is 12.6. The lowest BCUT2D eigenvalue weighted by Crippen LogP contribution is -2.44. The number of nitrogens with zero attached hydrogens (tertiary/aromatic N) is 3. The van der Waals surface area contributed by atoms with Crippen molar-refractivity contribution in [2.24, 2.45) is 0 Å². The third kappa shape index (κ3) is 2.28. The zero-order chi connectivity index (χ0) is 15.1. The summed E-state index contributed by atoms with van der Waals surface area (Å²) in [5.41, 5.74) is 0.559. The van der Waals surface area contributed by atoms with Gasteiger partial charge in [-0.2, -0.15) is 0 Å². The quantitative estimate of drug-likeness (QED) is 0.849. The summed E-state index contributed by atoms with van der Waals surface area (Å²) in [4.78, 5) is 22.3. The summed E-state index contributed by atoms with van der Waals surface area (Å²) in [6, 6.07) is 7.84. The molecule has 2 aliphatic rings. The summed E-state index contributed by atoms with van der Waals surface area (Å²) in [5, 5.41) is 2.09. The van der Waals surface area contributed by atoms with Gasteiger partial charge in [-0.15, -0.1) is 11.3 Å². The number of hydrogen-bond acceptors (Lipinski definition) is 5. The molecule has 4 rings (SSSR count). The number of rotatable bonds is 2. The lowest BCUT2D eigenvalue weighted by Gasteiger charge is -2.25. The Hall–Kier alpha value is -1.92. The highest BCUT2D eigenvalue weighted by Gasteiger charge is 2.42. The predicted octanol–water partition coefficient (Wildman–Crippen LogP) is 1.86. The molecule has 0 N–H and O–H groups in total. The van der Waals surface area contributed by atoms with Crippen LogP contribution in [-0.4, -0.2) is 53.0 Å². The zero-order valence-electron chi connectivity index (χ0n) is 12.3. The molecule has 0 spiro atoms. The fourth-order valence-electron chi connectivity index (χ4n) is 3.20. The highest BCUT2D eigenvalue weighted by molar-refractivity contribution is 7.09. The van der Waals surface area contributed by atoms with Crippen LogP contribution in [0.3, 0.4) is 0 Å². The molecule has 0 aromatic carbocycles. The van der Waals surface area contributed by atoms with Crippen LogP contribution in [0.1, 0.15) is 15.2 Å². The van der Waals surface area contributed by atoms with Crippen LogP contribution in [0.2, 0.25) is 0 Å². The SMILES string of the molecule is CN1C(=O)c2cccnc2O[C@H]2CN(Cc3cccs3)C[C@H]21. The van der Waals surface area contributed by atoms with E-state index in [9.17, 15) is 4.79 Å². The van der Waals surface area contributed by atoms with E-state index < -0.39 is 0 Å². The van der Waals surface area contributed by atoms with Crippen molar-refractivity contribution in [3.63, 3.8) is 0 Å². The van der Waals surface area contributed by atoms with Crippen molar-refractivity contribution in [3.8, 4) is 5.88 Å². The van der Waals surface area contributed by atoms with E-state index in [1.54, 1.807) is 29.7 Å². The maximum Gasteiger partial charge on any atom is 0.259 e. The number of thiophene rings is 1. The van der Waals surface area contributed by atoms with Crippen LogP contribution >= 0.6 is 11.3 Å². The van der Waals surface area contributed by atoms with Gasteiger partial charge in [0.25, 0.3) is 5.91 Å². The van der Waals surface area contributed by atoms with Gasteiger partial charge in [0.2, 0.25) is 5.88 Å². The summed E-state index contributed by atoms with van der Waals surface area (Å²) >= 11 is 1.76. The largest absolute Gasteiger partial charge is 0.470 e. The average Bonchev–Trinajstić information content (AvgIpc) is 3.15. The third-order valence-electron chi connectivity index (χ3n) is 4.35. The molecule has 0 aliphatic carbocycles. The number of ether oxygens (including phenoxy) is 1. The van der Waals surface area contributed by atoms with E-state index in [1.807, 2.05) is 11.9 Å². The van der Waals surface area contributed by atoms with Crippen LogP contribution in [0, 0.1) is 0 Å². The first kappa shape index (κ1) is 13.7. The molecule has 6 heteroatoms. The summed E-state index contributed by atoms with van der Waals surface area (Å²) < 4.78 is 6.06. The number of aromatic nitrogens is 1. The van der Waals surface area contributed by atoms with Crippen molar-refractivity contribution < 1.29 is 9.53 Å². The van der Waals surface area contributed by atoms with Gasteiger partial charge >= 0.3 is 0 Å². The molecule has 0 saturated carbocycles. The van der Waals surface area contributed by atoms with Crippen molar-refractivity contribution in [1.29, 1.82) is 0 Å². The topological polar surface area (TPSA) is 45.7 Å². The normalized spacial score (nSPS) is 24.6. The van der Waals surface area contributed by atoms with Crippen molar-refractivity contribution in [2.75, 3.05) is 20.1 Å². The van der Waals surface area contributed by atoms with Gasteiger partial charge in [0.1, 0.15) is 11.7 Å². The van der Waals surface area contributed by atoms with Crippen molar-refractivity contribution in [2.45, 2.75) is 18.7 Å². The highest BCUT2D eigenvalue weighted by atomic mass is 32.1. The molecule has 2 aromatic rings. The van der Waals surface area contributed by atoms with Crippen molar-refractivity contribution >= 4 is 17.2 Å². The van der Waals surface area contributed by atoms with E-state index in [1.165, 1.54) is 4.88 Å². The standard InChI is InChI=1S/C16H17N3O2S/c1-18-13-9-19(8-11-4-3-7-22-11)10-14(13)21-15-12(16(18)20)5-2-6-17-15/h2-7,13-14H,8-10H2,1H3/t13-,14+/m1/s1. The Morgan fingerprint density at radius 2 is 2.27 bits per heavy atom. The average molecular weight is 315 g/mol. The fourth-order valence-corrected chi connectivity index (χ4v) is 3.95. The number of likely N-dealkylation sites (tertiary alicyclic amines) is 1. The van der Waals surface area contributed by atoms with Gasteiger partial charge in [-0.3, -0.25) is 9.69 Å². The summed E-state index contributed by atoms with van der Waals surface area (Å²) in [5.74, 6) is 0.457. The molecule has 2 aliphatic heterocycles. The summed E-state index contributed by atoms with van der Waals surface area (Å²) in [6.45, 7) is 2.56. The number of carbonyl (C=O) groups is 1. The maximum absolute atomic E-state index is 12.6. The minimum absolute atomic E-state index is 0.00595. The van der Waals surface area contributed by atoms with Gasteiger partial charge in [0.05, 0.1) is 6.04 Å². The van der Waals surface area contributed by atoms with Gasteiger partial charge in [0.15, 0.2) is 0 Å². The van der Waals surface area contributed by atoms with Gasteiger partial charge in [0, 0.05) is 37.8 Å². The van der Waals surface area contributed by atoms with E-state index >= 15 is 0 Å². The molecule has 1 saturated heterocycles. The number of amides is 1. The van der Waals surface area contributed by atoms with E-state index in [0.29, 0.717) is 11.4 Å². The molecule has 0 unspecified atom stereocenters. The van der Waals surface area contributed by atoms with Crippen LogP contribution in [-0.2, 0) is 6.54 Å². The first-order chi connectivity index (χ1) is 10.7. The molecular weight excluding hydrogens is 298 g/mol. The monoisotopic (exact) mass is 315 g/mol. The van der Waals surface area contributed by atoms with E-state index in [-0.39, 0.29) is 18.1 Å². The zero-order valence-corrected chi connectivity index (χ0v) is 13.1. The molecule has 5 nitrogen and oxygen atoms in total. The summed E-state index contributed by atoms with van der Waals surface area (Å²) in [7, 11) is 1.86. The second-order valence-corrected chi connectivity index (χ2v) is 6.80. The van der Waals surface area contributed by atoms with Crippen LogP contribution < -0.4 is 4.74 Å². The second kappa shape index (κ2) is 5.37. The summed E-state index contributed by atoms with van der Waals surface area (Å²) in [6.07, 6.45) is 1.65. The van der Waals surface area contributed by atoms with Crippen molar-refractivity contribution in [1.82, 2.24) is 14.8 Å². The number of likely N-dealkylation sites (N-methyl/N-ethyl adjacent to an activating group) is 1. The smallest absolute Gasteiger partial charge is 0.259 e. The van der Waals surface area contributed by atoms with E-state index in [4.69, 9.17) is 4.74 Å². The van der Waals surface area contributed by atoms with Crippen LogP contribution in [0.15, 0.2) is 35.8 Å². The molecule has 4 heterocycles. The Labute approximate surface area is 133 Å². The molecule has 1 amide bonds. The third-order valence-corrected chi connectivity index (χ3v) is 5.22. The van der Waals surface area contributed by atoms with Crippen LogP contribution in [0.25, 0.3) is 0 Å². The Bertz CT molecular complexity index is 688. The number of pyridine rings is 1. The minimum Gasteiger partial charge on any atom is -0.470 e. The Kier molecular flexibility index (Phi) is 3.35. The van der Waals surface area contributed by atoms with Gasteiger partial charge in [-0.05, 0) is 23.6 Å². The van der Waals surface area contributed by atoms with E-state index in [2.05, 4.69) is 27.4 Å². The van der Waals surface area contributed by atoms with Gasteiger partial charge < -0.3 is 9.64 Å². The van der Waals surface area contributed by atoms with Crippen LogP contribution in [0.4, 0.5) is 0 Å². The molecule has 1 fully saturated rings. The second-order valence-electron chi connectivity index (χ2n) is 5.77. The molecule has 0 bridgehead atoms. The molecule has 22 heavy (non-hydrogen) atoms. The number of hydrogen-bond donors (Lipinski definition) is 0. The van der Waals surface area contributed by atoms with Crippen molar-refractivity contribution in [3.05, 3.63) is 46.3 Å². The van der Waals surface area contributed by atoms with Gasteiger partial charge in [-0.25, -0.2) is 4.98 Å². The first-order valence-corrected chi connectivity index (χ1v) is 8.24. The Balaban J connectivity index is 1.58. The molecule has 0 radical (unpaired) electrons. The molecular formula is C16H17N3O2S. The molecule has 114 valence electrons. The Morgan fingerprint density at radius 3 is 3.09 bits per heavy atom. The lowest BCUT2D eigenvalue weighted by atomic mass is 10.2. The minimum atomic E-state index is -0.0231. The van der Waals surface area contributed by atoms with Gasteiger partial charge in [-0.1, -0.05) is 6.07 Å². The first-order valence-electron chi connectivity index (χ1n) is 7.36. The van der Waals surface area contributed by atoms with Crippen LogP contribution in [0.5, 0.6) is 5.88 Å². The molecule has 2 aromatic heterocycles. The molecule has 2 atom stereocenters. The number of carbonyl (C=O) groups excluding carboxylic acids is 1. The predicted molar refractivity (Wildman–Crippen MR) is 84.1 cm³/mol. The Morgan fingerprint density at radius 1 is 1.36 bits per heavy atom. The highest BCUT2D eigenvalue weighted by Crippen LogP contribution is 2.29. The fraction of sp³-hybridized carbons (Fsp3) is 0.375. The van der Waals surface area contributed by atoms with E-state index in [0.717, 1.165) is 19.6 Å². The lowest BCUT2D eigenvalue weighted by molar-refractivity contribution is 0.0680.